The molecule has 0 aromatic heterocycles. The molecule has 0 saturated heterocycles. The van der Waals surface area contributed by atoms with Crippen LogP contribution in [0.15, 0.2) is 48.5 Å². The zero-order chi connectivity index (χ0) is 21.4. The Balaban J connectivity index is 2.17. The van der Waals surface area contributed by atoms with Crippen molar-refractivity contribution in [3.8, 4) is 5.75 Å². The number of ether oxygens (including phenoxy) is 1. The third-order valence-electron chi connectivity index (χ3n) is 4.25. The molecule has 0 spiro atoms. The molecular weight excluding hydrogens is 379 g/mol. The number of halogens is 1. The largest absolute Gasteiger partial charge is 0.496 e. The maximum absolute atomic E-state index is 13.4. The van der Waals surface area contributed by atoms with E-state index < -0.39 is 35.7 Å². The number of benzene rings is 2. The highest BCUT2D eigenvalue weighted by atomic mass is 19.1. The van der Waals surface area contributed by atoms with Crippen LogP contribution >= 0.6 is 0 Å². The predicted molar refractivity (Wildman–Crippen MR) is 104 cm³/mol. The molecule has 8 heteroatoms. The van der Waals surface area contributed by atoms with Crippen molar-refractivity contribution in [3.05, 3.63) is 65.5 Å². The fourth-order valence-electron chi connectivity index (χ4n) is 2.92. The van der Waals surface area contributed by atoms with Gasteiger partial charge in [-0.15, -0.1) is 0 Å². The standard InChI is InChI=1S/C21H23FN2O5/c1-13(25)23-17(11-14-6-5-8-16(22)10-14)20(26)24-18(21(27)28)12-15-7-3-4-9-19(15)29-2/h3-10,17-18H,11-12H2,1-2H3,(H,23,25)(H,24,26)(H,27,28)/t17-,18-/m0/s1. The van der Waals surface area contributed by atoms with Gasteiger partial charge in [-0.3, -0.25) is 9.59 Å². The van der Waals surface area contributed by atoms with Crippen LogP contribution in [0.3, 0.4) is 0 Å². The van der Waals surface area contributed by atoms with Gasteiger partial charge in [-0.2, -0.15) is 0 Å². The van der Waals surface area contributed by atoms with Crippen LogP contribution in [-0.2, 0) is 27.2 Å². The molecule has 0 saturated carbocycles. The van der Waals surface area contributed by atoms with Gasteiger partial charge in [0, 0.05) is 19.8 Å². The summed E-state index contributed by atoms with van der Waals surface area (Å²) in [5, 5.41) is 14.5. The van der Waals surface area contributed by atoms with E-state index >= 15 is 0 Å². The summed E-state index contributed by atoms with van der Waals surface area (Å²) in [6.45, 7) is 1.25. The van der Waals surface area contributed by atoms with Crippen LogP contribution in [0.2, 0.25) is 0 Å². The van der Waals surface area contributed by atoms with Crippen LogP contribution in [0.25, 0.3) is 0 Å². The SMILES string of the molecule is COc1ccccc1C[C@H](NC(=O)[C@H](Cc1cccc(F)c1)NC(C)=O)C(=O)O. The van der Waals surface area contributed by atoms with Crippen molar-refractivity contribution >= 4 is 17.8 Å². The number of methoxy groups -OCH3 is 1. The molecule has 3 N–H and O–H groups in total. The van der Waals surface area contributed by atoms with E-state index in [1.54, 1.807) is 30.3 Å². The number of hydrogen-bond donors (Lipinski definition) is 3. The number of carbonyl (C=O) groups is 3. The van der Waals surface area contributed by atoms with Crippen molar-refractivity contribution in [2.45, 2.75) is 31.8 Å². The third-order valence-corrected chi connectivity index (χ3v) is 4.25. The first kappa shape index (κ1) is 21.9. The van der Waals surface area contributed by atoms with Crippen molar-refractivity contribution in [2.75, 3.05) is 7.11 Å². The molecule has 0 aliphatic rings. The molecule has 0 heterocycles. The summed E-state index contributed by atoms with van der Waals surface area (Å²) < 4.78 is 18.7. The molecule has 0 aliphatic heterocycles. The number of carboxylic acid groups (broad SMARTS) is 1. The first-order valence-electron chi connectivity index (χ1n) is 8.96. The molecule has 2 amide bonds. The molecule has 29 heavy (non-hydrogen) atoms. The lowest BCUT2D eigenvalue weighted by molar-refractivity contribution is -0.142. The van der Waals surface area contributed by atoms with E-state index in [4.69, 9.17) is 4.74 Å². The topological polar surface area (TPSA) is 105 Å². The average molecular weight is 402 g/mol. The lowest BCUT2D eigenvalue weighted by Crippen LogP contribution is -2.52. The predicted octanol–water partition coefficient (Wildman–Crippen LogP) is 1.69. The lowest BCUT2D eigenvalue weighted by Gasteiger charge is -2.22. The van der Waals surface area contributed by atoms with Gasteiger partial charge in [-0.1, -0.05) is 30.3 Å². The quantitative estimate of drug-likeness (QED) is 0.592. The molecule has 0 radical (unpaired) electrons. The van der Waals surface area contributed by atoms with E-state index in [1.165, 1.54) is 32.2 Å². The molecule has 0 aliphatic carbocycles. The van der Waals surface area contributed by atoms with E-state index in [-0.39, 0.29) is 12.8 Å². The molecular formula is C21H23FN2O5. The van der Waals surface area contributed by atoms with Gasteiger partial charge >= 0.3 is 5.97 Å². The monoisotopic (exact) mass is 402 g/mol. The van der Waals surface area contributed by atoms with E-state index in [0.717, 1.165) is 0 Å². The Hall–Kier alpha value is -3.42. The maximum Gasteiger partial charge on any atom is 0.326 e. The molecule has 2 rings (SSSR count). The number of para-hydroxylation sites is 1. The first-order chi connectivity index (χ1) is 13.8. The second-order valence-corrected chi connectivity index (χ2v) is 6.50. The first-order valence-corrected chi connectivity index (χ1v) is 8.96. The highest BCUT2D eigenvalue weighted by molar-refractivity contribution is 5.90. The van der Waals surface area contributed by atoms with Gasteiger partial charge in [-0.25, -0.2) is 9.18 Å². The van der Waals surface area contributed by atoms with Crippen LogP contribution < -0.4 is 15.4 Å². The van der Waals surface area contributed by atoms with E-state index in [1.807, 2.05) is 0 Å². The smallest absolute Gasteiger partial charge is 0.326 e. The van der Waals surface area contributed by atoms with Gasteiger partial charge in [-0.05, 0) is 29.3 Å². The number of carboxylic acids is 1. The van der Waals surface area contributed by atoms with Gasteiger partial charge in [0.1, 0.15) is 23.7 Å². The van der Waals surface area contributed by atoms with Crippen molar-refractivity contribution in [3.63, 3.8) is 0 Å². The Morgan fingerprint density at radius 3 is 2.38 bits per heavy atom. The number of carbonyl (C=O) groups excluding carboxylic acids is 2. The minimum Gasteiger partial charge on any atom is -0.496 e. The van der Waals surface area contributed by atoms with Crippen LogP contribution in [0.4, 0.5) is 4.39 Å². The normalized spacial score (nSPS) is 12.5. The zero-order valence-electron chi connectivity index (χ0n) is 16.1. The van der Waals surface area contributed by atoms with E-state index in [0.29, 0.717) is 16.9 Å². The Morgan fingerprint density at radius 1 is 1.03 bits per heavy atom. The number of hydrogen-bond acceptors (Lipinski definition) is 4. The summed E-state index contributed by atoms with van der Waals surface area (Å²) in [4.78, 5) is 35.9. The second-order valence-electron chi connectivity index (χ2n) is 6.50. The van der Waals surface area contributed by atoms with Gasteiger partial charge in [0.15, 0.2) is 0 Å². The van der Waals surface area contributed by atoms with Crippen molar-refractivity contribution in [2.24, 2.45) is 0 Å². The van der Waals surface area contributed by atoms with Gasteiger partial charge in [0.2, 0.25) is 11.8 Å². The fourth-order valence-corrected chi connectivity index (χ4v) is 2.92. The molecule has 0 fully saturated rings. The Kier molecular flexibility index (Phi) is 7.70. The van der Waals surface area contributed by atoms with E-state index in [9.17, 15) is 23.9 Å². The lowest BCUT2D eigenvalue weighted by atomic mass is 10.0. The second kappa shape index (κ2) is 10.2. The minimum absolute atomic E-state index is 0.00214. The average Bonchev–Trinajstić information content (AvgIpc) is 2.66. The number of rotatable bonds is 9. The van der Waals surface area contributed by atoms with Crippen molar-refractivity contribution < 1.29 is 28.6 Å². The highest BCUT2D eigenvalue weighted by Crippen LogP contribution is 2.19. The van der Waals surface area contributed by atoms with Gasteiger partial charge < -0.3 is 20.5 Å². The molecule has 0 unspecified atom stereocenters. The number of nitrogens with one attached hydrogen (secondary N) is 2. The fraction of sp³-hybridized carbons (Fsp3) is 0.286. The van der Waals surface area contributed by atoms with Crippen LogP contribution in [0, 0.1) is 5.82 Å². The summed E-state index contributed by atoms with van der Waals surface area (Å²) in [7, 11) is 1.47. The van der Waals surface area contributed by atoms with Gasteiger partial charge in [0.25, 0.3) is 0 Å². The number of amides is 2. The van der Waals surface area contributed by atoms with Gasteiger partial charge in [0.05, 0.1) is 7.11 Å². The summed E-state index contributed by atoms with van der Waals surface area (Å²) in [6, 6.07) is 10.3. The Morgan fingerprint density at radius 2 is 1.76 bits per heavy atom. The molecule has 0 bridgehead atoms. The third kappa shape index (κ3) is 6.60. The van der Waals surface area contributed by atoms with Crippen molar-refractivity contribution in [1.82, 2.24) is 10.6 Å². The summed E-state index contributed by atoms with van der Waals surface area (Å²) >= 11 is 0. The van der Waals surface area contributed by atoms with Crippen LogP contribution in [0.5, 0.6) is 5.75 Å². The Labute approximate surface area is 167 Å². The molecule has 7 nitrogen and oxygen atoms in total. The van der Waals surface area contributed by atoms with Crippen molar-refractivity contribution in [1.29, 1.82) is 0 Å². The molecule has 2 aromatic carbocycles. The van der Waals surface area contributed by atoms with Crippen LogP contribution in [-0.4, -0.2) is 42.1 Å². The maximum atomic E-state index is 13.4. The number of aliphatic carboxylic acids is 1. The Bertz CT molecular complexity index is 887. The van der Waals surface area contributed by atoms with E-state index in [2.05, 4.69) is 10.6 Å². The molecule has 2 atom stereocenters. The molecule has 2 aromatic rings. The zero-order valence-corrected chi connectivity index (χ0v) is 16.1. The summed E-state index contributed by atoms with van der Waals surface area (Å²) in [6.07, 6.45) is 0.0159. The summed E-state index contributed by atoms with van der Waals surface area (Å²) in [5.74, 6) is -2.32. The minimum atomic E-state index is -1.23. The molecule has 154 valence electrons. The van der Waals surface area contributed by atoms with Crippen LogP contribution in [0.1, 0.15) is 18.1 Å². The summed E-state index contributed by atoms with van der Waals surface area (Å²) in [5.41, 5.74) is 1.11. The highest BCUT2D eigenvalue weighted by Gasteiger charge is 2.27.